The van der Waals surface area contributed by atoms with Crippen molar-refractivity contribution in [3.8, 4) is 0 Å². The van der Waals surface area contributed by atoms with E-state index < -0.39 is 0 Å². The van der Waals surface area contributed by atoms with Crippen LogP contribution in [0.5, 0.6) is 0 Å². The number of nitro groups is 1. The molecule has 2 saturated heterocycles. The lowest BCUT2D eigenvalue weighted by molar-refractivity contribution is -0.384. The molecular formula is C19H27ClN4O3. The molecule has 7 nitrogen and oxygen atoms in total. The number of carbonyl (C=O) groups excluding carboxylic acids is 1. The maximum Gasteiger partial charge on any atom is 0.292 e. The Morgan fingerprint density at radius 3 is 2.52 bits per heavy atom. The van der Waals surface area contributed by atoms with E-state index in [2.05, 4.69) is 5.32 Å². The van der Waals surface area contributed by atoms with E-state index in [4.69, 9.17) is 0 Å². The molecule has 1 aromatic rings. The second kappa shape index (κ2) is 8.44. The maximum absolute atomic E-state index is 12.9. The van der Waals surface area contributed by atoms with E-state index in [1.165, 1.54) is 31.7 Å². The molecule has 3 unspecified atom stereocenters. The van der Waals surface area contributed by atoms with Gasteiger partial charge in [0, 0.05) is 38.3 Å². The fourth-order valence-electron chi connectivity index (χ4n) is 4.78. The third kappa shape index (κ3) is 4.04. The normalized spacial score (nSPS) is 27.6. The number of carbonyl (C=O) groups is 1. The number of nitrogens with zero attached hydrogens (tertiary/aromatic N) is 3. The number of nitro benzene ring substituents is 1. The first kappa shape index (κ1) is 19.9. The number of rotatable bonds is 3. The van der Waals surface area contributed by atoms with Gasteiger partial charge in [-0.3, -0.25) is 14.9 Å². The lowest BCUT2D eigenvalue weighted by Crippen LogP contribution is -2.53. The highest BCUT2D eigenvalue weighted by atomic mass is 35.5. The van der Waals surface area contributed by atoms with Crippen LogP contribution in [0, 0.1) is 16.0 Å². The molecule has 0 aromatic heterocycles. The molecule has 27 heavy (non-hydrogen) atoms. The molecule has 2 heterocycles. The molecule has 8 heteroatoms. The molecule has 1 N–H and O–H groups in total. The standard InChI is InChI=1S/C19H26N4O3.ClH/c24-19(16-13-14-5-1-2-6-15(14)20-16)22-11-9-21(10-12-22)17-7-3-4-8-18(17)23(25)26;/h3-4,7-8,14-16,20H,1-2,5-6,9-13H2;1H. The molecule has 0 radical (unpaired) electrons. The molecule has 4 rings (SSSR count). The lowest BCUT2D eigenvalue weighted by Gasteiger charge is -2.37. The van der Waals surface area contributed by atoms with Crippen molar-refractivity contribution >= 4 is 29.7 Å². The molecule has 148 valence electrons. The molecule has 1 aromatic carbocycles. The molecule has 3 fully saturated rings. The van der Waals surface area contributed by atoms with E-state index in [-0.39, 0.29) is 35.0 Å². The third-order valence-corrected chi connectivity index (χ3v) is 6.17. The van der Waals surface area contributed by atoms with Gasteiger partial charge in [-0.2, -0.15) is 0 Å². The Kier molecular flexibility index (Phi) is 6.22. The number of fused-ring (bicyclic) bond motifs is 1. The minimum absolute atomic E-state index is 0. The van der Waals surface area contributed by atoms with Gasteiger partial charge in [-0.05, 0) is 31.2 Å². The van der Waals surface area contributed by atoms with Gasteiger partial charge in [0.2, 0.25) is 5.91 Å². The molecule has 1 amide bonds. The van der Waals surface area contributed by atoms with Crippen LogP contribution in [-0.2, 0) is 4.79 Å². The Labute approximate surface area is 165 Å². The summed E-state index contributed by atoms with van der Waals surface area (Å²) >= 11 is 0. The van der Waals surface area contributed by atoms with E-state index in [0.717, 1.165) is 6.42 Å². The number of anilines is 1. The first-order chi connectivity index (χ1) is 12.6. The van der Waals surface area contributed by atoms with Crippen molar-refractivity contribution in [3.05, 3.63) is 34.4 Å². The van der Waals surface area contributed by atoms with Gasteiger partial charge in [-0.25, -0.2) is 0 Å². The van der Waals surface area contributed by atoms with Crippen molar-refractivity contribution in [1.29, 1.82) is 0 Å². The highest BCUT2D eigenvalue weighted by Crippen LogP contribution is 2.34. The van der Waals surface area contributed by atoms with Crippen molar-refractivity contribution < 1.29 is 9.72 Å². The number of hydrogen-bond acceptors (Lipinski definition) is 5. The summed E-state index contributed by atoms with van der Waals surface area (Å²) in [6.45, 7) is 2.52. The Hall–Kier alpha value is -1.86. The van der Waals surface area contributed by atoms with Crippen molar-refractivity contribution in [2.75, 3.05) is 31.1 Å². The third-order valence-electron chi connectivity index (χ3n) is 6.17. The fraction of sp³-hybridized carbons (Fsp3) is 0.632. The van der Waals surface area contributed by atoms with Crippen molar-refractivity contribution in [2.45, 2.75) is 44.2 Å². The Bertz CT molecular complexity index is 679. The van der Waals surface area contributed by atoms with Gasteiger partial charge in [0.1, 0.15) is 5.69 Å². The highest BCUT2D eigenvalue weighted by Gasteiger charge is 2.40. The SMILES string of the molecule is Cl.O=C(C1CC2CCCCC2N1)N1CCN(c2ccccc2[N+](=O)[O-])CC1. The predicted molar refractivity (Wildman–Crippen MR) is 106 cm³/mol. The second-order valence-corrected chi connectivity index (χ2v) is 7.66. The molecule has 0 spiro atoms. The number of nitrogens with one attached hydrogen (secondary N) is 1. The Morgan fingerprint density at radius 2 is 1.81 bits per heavy atom. The van der Waals surface area contributed by atoms with Crippen LogP contribution in [0.2, 0.25) is 0 Å². The zero-order valence-electron chi connectivity index (χ0n) is 15.4. The molecule has 2 aliphatic heterocycles. The van der Waals surface area contributed by atoms with Gasteiger partial charge in [0.15, 0.2) is 0 Å². The zero-order chi connectivity index (χ0) is 18.1. The van der Waals surface area contributed by atoms with Gasteiger partial charge in [-0.1, -0.05) is 25.0 Å². The number of hydrogen-bond donors (Lipinski definition) is 1. The number of halogens is 1. The van der Waals surface area contributed by atoms with Crippen molar-refractivity contribution in [2.24, 2.45) is 5.92 Å². The molecule has 1 saturated carbocycles. The van der Waals surface area contributed by atoms with Crippen LogP contribution >= 0.6 is 12.4 Å². The smallest absolute Gasteiger partial charge is 0.292 e. The van der Waals surface area contributed by atoms with Crippen LogP contribution in [0.1, 0.15) is 32.1 Å². The molecule has 3 aliphatic rings. The van der Waals surface area contributed by atoms with Gasteiger partial charge in [0.25, 0.3) is 5.69 Å². The van der Waals surface area contributed by atoms with Crippen molar-refractivity contribution in [1.82, 2.24) is 10.2 Å². The first-order valence-corrected chi connectivity index (χ1v) is 9.66. The molecule has 3 atom stereocenters. The van der Waals surface area contributed by atoms with Gasteiger partial charge in [-0.15, -0.1) is 12.4 Å². The Balaban J connectivity index is 0.00000210. The van der Waals surface area contributed by atoms with Gasteiger partial charge < -0.3 is 15.1 Å². The van der Waals surface area contributed by atoms with E-state index in [0.29, 0.717) is 43.8 Å². The van der Waals surface area contributed by atoms with E-state index in [1.54, 1.807) is 12.1 Å². The highest BCUT2D eigenvalue weighted by molar-refractivity contribution is 5.85. The summed E-state index contributed by atoms with van der Waals surface area (Å²) in [5, 5.41) is 14.8. The molecular weight excluding hydrogens is 368 g/mol. The zero-order valence-corrected chi connectivity index (χ0v) is 16.2. The van der Waals surface area contributed by atoms with E-state index in [1.807, 2.05) is 15.9 Å². The largest absolute Gasteiger partial charge is 0.362 e. The second-order valence-electron chi connectivity index (χ2n) is 7.66. The minimum atomic E-state index is -0.336. The molecule has 0 bridgehead atoms. The van der Waals surface area contributed by atoms with E-state index >= 15 is 0 Å². The minimum Gasteiger partial charge on any atom is -0.362 e. The van der Waals surface area contributed by atoms with Crippen molar-refractivity contribution in [3.63, 3.8) is 0 Å². The number of piperazine rings is 1. The maximum atomic E-state index is 12.9. The first-order valence-electron chi connectivity index (χ1n) is 9.66. The summed E-state index contributed by atoms with van der Waals surface area (Å²) in [5.74, 6) is 0.868. The summed E-state index contributed by atoms with van der Waals surface area (Å²) in [6.07, 6.45) is 5.96. The Morgan fingerprint density at radius 1 is 1.11 bits per heavy atom. The average molecular weight is 395 g/mol. The summed E-state index contributed by atoms with van der Waals surface area (Å²) < 4.78 is 0. The topological polar surface area (TPSA) is 78.7 Å². The average Bonchev–Trinajstić information content (AvgIpc) is 3.12. The monoisotopic (exact) mass is 394 g/mol. The van der Waals surface area contributed by atoms with Gasteiger partial charge >= 0.3 is 0 Å². The quantitative estimate of drug-likeness (QED) is 0.629. The van der Waals surface area contributed by atoms with Crippen LogP contribution in [0.15, 0.2) is 24.3 Å². The summed E-state index contributed by atoms with van der Waals surface area (Å²) in [6, 6.07) is 7.32. The number of benzene rings is 1. The van der Waals surface area contributed by atoms with Crippen LogP contribution in [-0.4, -0.2) is 54.0 Å². The summed E-state index contributed by atoms with van der Waals surface area (Å²) in [4.78, 5) is 27.8. The summed E-state index contributed by atoms with van der Waals surface area (Å²) in [5.41, 5.74) is 0.781. The van der Waals surface area contributed by atoms with Crippen LogP contribution in [0.4, 0.5) is 11.4 Å². The van der Waals surface area contributed by atoms with Crippen LogP contribution in [0.25, 0.3) is 0 Å². The van der Waals surface area contributed by atoms with Gasteiger partial charge in [0.05, 0.1) is 11.0 Å². The fourth-order valence-corrected chi connectivity index (χ4v) is 4.78. The van der Waals surface area contributed by atoms with Crippen LogP contribution in [0.3, 0.4) is 0 Å². The number of amides is 1. The van der Waals surface area contributed by atoms with E-state index in [9.17, 15) is 14.9 Å². The summed E-state index contributed by atoms with van der Waals surface area (Å²) in [7, 11) is 0. The lowest BCUT2D eigenvalue weighted by atomic mass is 9.85. The predicted octanol–water partition coefficient (Wildman–Crippen LogP) is 2.59. The molecule has 1 aliphatic carbocycles. The number of para-hydroxylation sites is 2. The van der Waals surface area contributed by atoms with Crippen LogP contribution < -0.4 is 10.2 Å².